The molecule has 0 saturated carbocycles. The molecule has 9 heteroatoms. The molecule has 1 N–H and O–H groups in total. The lowest BCUT2D eigenvalue weighted by atomic mass is 10.2. The van der Waals surface area contributed by atoms with Gasteiger partial charge >= 0.3 is 0 Å². The molecule has 0 saturated heterocycles. The zero-order valence-electron chi connectivity index (χ0n) is 17.3. The smallest absolute Gasteiger partial charge is 0.264 e. The molecule has 0 spiro atoms. The summed E-state index contributed by atoms with van der Waals surface area (Å²) in [6.07, 6.45) is 3.38. The fourth-order valence-electron chi connectivity index (χ4n) is 3.23. The van der Waals surface area contributed by atoms with Gasteiger partial charge in [-0.3, -0.25) is 14.2 Å². The van der Waals surface area contributed by atoms with E-state index in [1.54, 1.807) is 28.6 Å². The molecule has 0 atom stereocenters. The molecular formula is C23H22FN5O2S. The van der Waals surface area contributed by atoms with Gasteiger partial charge in [0.25, 0.3) is 5.56 Å². The normalized spacial score (nSPS) is 11.0. The van der Waals surface area contributed by atoms with Crippen LogP contribution in [0, 0.1) is 5.82 Å². The van der Waals surface area contributed by atoms with Gasteiger partial charge in [-0.2, -0.15) is 5.10 Å². The Labute approximate surface area is 188 Å². The predicted molar refractivity (Wildman–Crippen MR) is 122 cm³/mol. The fraction of sp³-hybridized carbons (Fsp3) is 0.217. The van der Waals surface area contributed by atoms with Crippen LogP contribution in [0.5, 0.6) is 0 Å². The van der Waals surface area contributed by atoms with Crippen molar-refractivity contribution in [3.05, 3.63) is 88.9 Å². The largest absolute Gasteiger partial charge is 0.354 e. The Balaban J connectivity index is 1.31. The van der Waals surface area contributed by atoms with Crippen molar-refractivity contribution in [1.29, 1.82) is 0 Å². The summed E-state index contributed by atoms with van der Waals surface area (Å²) in [5, 5.41) is 7.53. The van der Waals surface area contributed by atoms with Gasteiger partial charge in [0.2, 0.25) is 5.91 Å². The zero-order valence-corrected chi connectivity index (χ0v) is 18.1. The number of rotatable bonds is 9. The van der Waals surface area contributed by atoms with Crippen LogP contribution in [0.3, 0.4) is 0 Å². The molecule has 7 nitrogen and oxygen atoms in total. The Morgan fingerprint density at radius 1 is 1.09 bits per heavy atom. The SMILES string of the molecule is O=C(CCSc1ccccc1)NCCn1ncc2c(=O)n(Cc3ccc(F)cc3)cnc21. The number of fused-ring (bicyclic) bond motifs is 1. The molecular weight excluding hydrogens is 429 g/mol. The Kier molecular flexibility index (Phi) is 6.96. The minimum atomic E-state index is -0.321. The number of hydrogen-bond acceptors (Lipinski definition) is 5. The quantitative estimate of drug-likeness (QED) is 0.396. The van der Waals surface area contributed by atoms with Crippen LogP contribution in [0.25, 0.3) is 11.0 Å². The Hall–Kier alpha value is -3.46. The van der Waals surface area contributed by atoms with Gasteiger partial charge in [-0.05, 0) is 29.8 Å². The van der Waals surface area contributed by atoms with Crippen molar-refractivity contribution in [2.24, 2.45) is 0 Å². The summed E-state index contributed by atoms with van der Waals surface area (Å²) in [6.45, 7) is 1.10. The van der Waals surface area contributed by atoms with Crippen LogP contribution in [0.2, 0.25) is 0 Å². The monoisotopic (exact) mass is 451 g/mol. The lowest BCUT2D eigenvalue weighted by Gasteiger charge is -2.08. The van der Waals surface area contributed by atoms with Gasteiger partial charge < -0.3 is 5.32 Å². The lowest BCUT2D eigenvalue weighted by Crippen LogP contribution is -2.28. The molecule has 0 fully saturated rings. The van der Waals surface area contributed by atoms with Crippen LogP contribution in [0.15, 0.2) is 76.8 Å². The van der Waals surface area contributed by atoms with E-state index < -0.39 is 0 Å². The maximum Gasteiger partial charge on any atom is 0.264 e. The highest BCUT2D eigenvalue weighted by Crippen LogP contribution is 2.17. The number of carbonyl (C=O) groups excluding carboxylic acids is 1. The van der Waals surface area contributed by atoms with E-state index in [2.05, 4.69) is 15.4 Å². The lowest BCUT2D eigenvalue weighted by molar-refractivity contribution is -0.120. The number of thioether (sulfide) groups is 1. The molecule has 0 aliphatic heterocycles. The highest BCUT2D eigenvalue weighted by Gasteiger charge is 2.11. The Bertz CT molecular complexity index is 1260. The molecule has 1 amide bonds. The first-order valence-electron chi connectivity index (χ1n) is 10.2. The van der Waals surface area contributed by atoms with Gasteiger partial charge in [-0.15, -0.1) is 11.8 Å². The van der Waals surface area contributed by atoms with Crippen LogP contribution in [-0.2, 0) is 17.9 Å². The van der Waals surface area contributed by atoms with E-state index in [1.807, 2.05) is 30.3 Å². The van der Waals surface area contributed by atoms with Crippen molar-refractivity contribution in [1.82, 2.24) is 24.6 Å². The summed E-state index contributed by atoms with van der Waals surface area (Å²) in [6, 6.07) is 15.9. The predicted octanol–water partition coefficient (Wildman–Crippen LogP) is 3.08. The second kappa shape index (κ2) is 10.2. The summed E-state index contributed by atoms with van der Waals surface area (Å²) >= 11 is 1.64. The maximum absolute atomic E-state index is 13.1. The third-order valence-electron chi connectivity index (χ3n) is 4.88. The molecule has 4 aromatic rings. The fourth-order valence-corrected chi connectivity index (χ4v) is 4.10. The van der Waals surface area contributed by atoms with Crippen molar-refractivity contribution < 1.29 is 9.18 Å². The van der Waals surface area contributed by atoms with Gasteiger partial charge in [-0.1, -0.05) is 30.3 Å². The van der Waals surface area contributed by atoms with Gasteiger partial charge in [0.15, 0.2) is 5.65 Å². The van der Waals surface area contributed by atoms with Crippen LogP contribution >= 0.6 is 11.8 Å². The molecule has 4 rings (SSSR count). The molecule has 2 aromatic heterocycles. The van der Waals surface area contributed by atoms with E-state index in [4.69, 9.17) is 0 Å². The van der Waals surface area contributed by atoms with Gasteiger partial charge in [0, 0.05) is 23.6 Å². The van der Waals surface area contributed by atoms with E-state index in [0.717, 1.165) is 10.5 Å². The van der Waals surface area contributed by atoms with Gasteiger partial charge in [0.1, 0.15) is 17.5 Å². The maximum atomic E-state index is 13.1. The van der Waals surface area contributed by atoms with E-state index >= 15 is 0 Å². The standard InChI is InChI=1S/C23H22FN5O2S/c24-18-8-6-17(7-9-18)15-28-16-26-22-20(23(28)31)14-27-29(22)12-11-25-21(30)10-13-32-19-4-2-1-3-5-19/h1-9,14,16H,10-13,15H2,(H,25,30). The van der Waals surface area contributed by atoms with Crippen LogP contribution < -0.4 is 10.9 Å². The van der Waals surface area contributed by atoms with Crippen molar-refractivity contribution in [3.8, 4) is 0 Å². The summed E-state index contributed by atoms with van der Waals surface area (Å²) in [5.74, 6) is 0.355. The minimum Gasteiger partial charge on any atom is -0.354 e. The number of carbonyl (C=O) groups is 1. The summed E-state index contributed by atoms with van der Waals surface area (Å²) in [7, 11) is 0. The molecule has 2 aromatic carbocycles. The van der Waals surface area contributed by atoms with E-state index in [0.29, 0.717) is 42.8 Å². The average Bonchev–Trinajstić information content (AvgIpc) is 3.22. The Morgan fingerprint density at radius 2 is 1.88 bits per heavy atom. The highest BCUT2D eigenvalue weighted by atomic mass is 32.2. The third kappa shape index (κ3) is 5.42. The van der Waals surface area contributed by atoms with Gasteiger partial charge in [-0.25, -0.2) is 14.1 Å². The Morgan fingerprint density at radius 3 is 2.66 bits per heavy atom. The molecule has 0 radical (unpaired) electrons. The summed E-state index contributed by atoms with van der Waals surface area (Å²) in [5.41, 5.74) is 1.06. The number of aromatic nitrogens is 4. The number of nitrogens with zero attached hydrogens (tertiary/aromatic N) is 4. The van der Waals surface area contributed by atoms with Crippen molar-refractivity contribution in [2.75, 3.05) is 12.3 Å². The van der Waals surface area contributed by atoms with Crippen molar-refractivity contribution in [2.45, 2.75) is 24.4 Å². The topological polar surface area (TPSA) is 81.8 Å². The van der Waals surface area contributed by atoms with Crippen LogP contribution in [0.4, 0.5) is 4.39 Å². The molecule has 2 heterocycles. The number of benzene rings is 2. The van der Waals surface area contributed by atoms with Crippen LogP contribution in [0.1, 0.15) is 12.0 Å². The summed E-state index contributed by atoms with van der Waals surface area (Å²) in [4.78, 5) is 30.3. The molecule has 0 bridgehead atoms. The van der Waals surface area contributed by atoms with E-state index in [9.17, 15) is 14.0 Å². The summed E-state index contributed by atoms with van der Waals surface area (Å²) < 4.78 is 16.2. The first-order chi connectivity index (χ1) is 15.6. The number of hydrogen-bond donors (Lipinski definition) is 1. The molecule has 32 heavy (non-hydrogen) atoms. The van der Waals surface area contributed by atoms with E-state index in [-0.39, 0.29) is 17.3 Å². The molecule has 164 valence electrons. The zero-order chi connectivity index (χ0) is 22.3. The third-order valence-corrected chi connectivity index (χ3v) is 5.89. The minimum absolute atomic E-state index is 0.0282. The molecule has 0 aliphatic carbocycles. The van der Waals surface area contributed by atoms with E-state index in [1.165, 1.54) is 29.2 Å². The number of amides is 1. The van der Waals surface area contributed by atoms with Crippen molar-refractivity contribution >= 4 is 28.7 Å². The first-order valence-corrected chi connectivity index (χ1v) is 11.2. The highest BCUT2D eigenvalue weighted by molar-refractivity contribution is 7.99. The molecule has 0 aliphatic rings. The second-order valence-corrected chi connectivity index (χ2v) is 8.34. The van der Waals surface area contributed by atoms with Crippen LogP contribution in [-0.4, -0.2) is 37.5 Å². The average molecular weight is 452 g/mol. The second-order valence-electron chi connectivity index (χ2n) is 7.17. The number of halogens is 1. The van der Waals surface area contributed by atoms with Crippen molar-refractivity contribution in [3.63, 3.8) is 0 Å². The number of nitrogens with one attached hydrogen (secondary N) is 1. The molecule has 0 unspecified atom stereocenters. The van der Waals surface area contributed by atoms with Gasteiger partial charge in [0.05, 0.1) is 19.3 Å². The first kappa shape index (κ1) is 21.8.